The van der Waals surface area contributed by atoms with Crippen molar-refractivity contribution < 1.29 is 28.5 Å². The maximum atomic E-state index is 12.0. The van der Waals surface area contributed by atoms with Gasteiger partial charge in [0, 0.05) is 6.42 Å². The average Bonchev–Trinajstić information content (AvgIpc) is 2.88. The molecule has 6 heteroatoms. The van der Waals surface area contributed by atoms with Crippen LogP contribution in [-0.4, -0.2) is 47.2 Å². The third-order valence-corrected chi connectivity index (χ3v) is 6.55. The standard InChI is InChI=1S/C34H46O6/c1-11-29(35)33(7,8)37-22-21-31(3,4)39-27-17-13-25(14-18-27)23-26-15-19-28(20-16-26)40-32(5,6)24-38-34(9,10)30(36)12-2/h11-20H,1-2,21-24H2,3-10H3. The van der Waals surface area contributed by atoms with Gasteiger partial charge in [0.1, 0.15) is 33.9 Å². The summed E-state index contributed by atoms with van der Waals surface area (Å²) in [5.74, 6) is 1.21. The molecule has 0 aliphatic rings. The summed E-state index contributed by atoms with van der Waals surface area (Å²) < 4.78 is 23.9. The summed E-state index contributed by atoms with van der Waals surface area (Å²) in [7, 11) is 0. The van der Waals surface area contributed by atoms with E-state index >= 15 is 0 Å². The lowest BCUT2D eigenvalue weighted by molar-refractivity contribution is -0.141. The Morgan fingerprint density at radius 3 is 1.48 bits per heavy atom. The second-order valence-corrected chi connectivity index (χ2v) is 12.2. The lowest BCUT2D eigenvalue weighted by Gasteiger charge is -2.31. The van der Waals surface area contributed by atoms with Gasteiger partial charge in [-0.3, -0.25) is 9.59 Å². The van der Waals surface area contributed by atoms with Crippen LogP contribution in [0.2, 0.25) is 0 Å². The van der Waals surface area contributed by atoms with Gasteiger partial charge >= 0.3 is 0 Å². The number of hydrogen-bond donors (Lipinski definition) is 0. The van der Waals surface area contributed by atoms with Crippen LogP contribution in [0.3, 0.4) is 0 Å². The Bertz CT molecular complexity index is 1150. The Labute approximate surface area is 240 Å². The molecule has 218 valence electrons. The summed E-state index contributed by atoms with van der Waals surface area (Å²) in [5.41, 5.74) is -0.591. The summed E-state index contributed by atoms with van der Waals surface area (Å²) in [6.45, 7) is 22.5. The minimum absolute atomic E-state index is 0.139. The number of carbonyl (C=O) groups is 2. The molecule has 0 radical (unpaired) electrons. The maximum Gasteiger partial charge on any atom is 0.186 e. The van der Waals surface area contributed by atoms with Crippen molar-refractivity contribution in [1.82, 2.24) is 0 Å². The van der Waals surface area contributed by atoms with Crippen LogP contribution in [0.5, 0.6) is 11.5 Å². The minimum Gasteiger partial charge on any atom is -0.488 e. The summed E-state index contributed by atoms with van der Waals surface area (Å²) in [4.78, 5) is 23.9. The topological polar surface area (TPSA) is 71.1 Å². The summed E-state index contributed by atoms with van der Waals surface area (Å²) in [5, 5.41) is 0. The van der Waals surface area contributed by atoms with E-state index < -0.39 is 22.4 Å². The second-order valence-electron chi connectivity index (χ2n) is 12.2. The van der Waals surface area contributed by atoms with Crippen LogP contribution in [0.15, 0.2) is 73.8 Å². The number of ether oxygens (including phenoxy) is 4. The summed E-state index contributed by atoms with van der Waals surface area (Å²) >= 11 is 0. The Morgan fingerprint density at radius 2 is 1.05 bits per heavy atom. The molecule has 40 heavy (non-hydrogen) atoms. The number of carbonyl (C=O) groups excluding carboxylic acids is 2. The highest BCUT2D eigenvalue weighted by Gasteiger charge is 2.31. The Morgan fingerprint density at radius 1 is 0.650 bits per heavy atom. The molecule has 0 unspecified atom stereocenters. The largest absolute Gasteiger partial charge is 0.488 e. The molecule has 0 spiro atoms. The zero-order chi connectivity index (χ0) is 30.2. The highest BCUT2D eigenvalue weighted by atomic mass is 16.6. The van der Waals surface area contributed by atoms with Gasteiger partial charge in [-0.25, -0.2) is 0 Å². The number of ketones is 2. The van der Waals surface area contributed by atoms with Gasteiger partial charge in [-0.05, 0) is 109 Å². The second kappa shape index (κ2) is 13.4. The fraction of sp³-hybridized carbons (Fsp3) is 0.471. The van der Waals surface area contributed by atoms with Gasteiger partial charge in [0.15, 0.2) is 11.6 Å². The molecule has 0 atom stereocenters. The lowest BCUT2D eigenvalue weighted by atomic mass is 10.0. The van der Waals surface area contributed by atoms with E-state index in [1.807, 2.05) is 64.1 Å². The van der Waals surface area contributed by atoms with Crippen molar-refractivity contribution in [2.24, 2.45) is 0 Å². The molecule has 0 bridgehead atoms. The first-order valence-corrected chi connectivity index (χ1v) is 13.7. The van der Waals surface area contributed by atoms with Crippen LogP contribution in [0.4, 0.5) is 0 Å². The SMILES string of the molecule is C=CC(=O)C(C)(C)OCCC(C)(C)Oc1ccc(Cc2ccc(OC(C)(C)COC(C)(C)C(=O)C=C)cc2)cc1. The van der Waals surface area contributed by atoms with Crippen LogP contribution in [0.25, 0.3) is 0 Å². The van der Waals surface area contributed by atoms with Crippen LogP contribution < -0.4 is 9.47 Å². The first-order valence-electron chi connectivity index (χ1n) is 13.7. The predicted molar refractivity (Wildman–Crippen MR) is 160 cm³/mol. The highest BCUT2D eigenvalue weighted by Crippen LogP contribution is 2.25. The van der Waals surface area contributed by atoms with E-state index in [9.17, 15) is 9.59 Å². The molecule has 0 fully saturated rings. The van der Waals surface area contributed by atoms with Crippen LogP contribution in [0.1, 0.15) is 72.9 Å². The smallest absolute Gasteiger partial charge is 0.186 e. The zero-order valence-corrected chi connectivity index (χ0v) is 25.5. The van der Waals surface area contributed by atoms with Crippen LogP contribution in [-0.2, 0) is 25.5 Å². The van der Waals surface area contributed by atoms with Crippen molar-refractivity contribution in [3.63, 3.8) is 0 Å². The van der Waals surface area contributed by atoms with Crippen molar-refractivity contribution in [2.75, 3.05) is 13.2 Å². The van der Waals surface area contributed by atoms with Gasteiger partial charge in [0.2, 0.25) is 0 Å². The van der Waals surface area contributed by atoms with Crippen molar-refractivity contribution in [2.45, 2.75) is 90.6 Å². The third-order valence-electron chi connectivity index (χ3n) is 6.55. The fourth-order valence-corrected chi connectivity index (χ4v) is 3.84. The van der Waals surface area contributed by atoms with E-state index in [2.05, 4.69) is 25.3 Å². The average molecular weight is 551 g/mol. The molecule has 0 saturated carbocycles. The monoisotopic (exact) mass is 550 g/mol. The Hall–Kier alpha value is -3.22. The molecule has 0 aliphatic heterocycles. The molecule has 6 nitrogen and oxygen atoms in total. The van der Waals surface area contributed by atoms with E-state index in [1.54, 1.807) is 27.7 Å². The molecule has 0 saturated heterocycles. The molecule has 2 rings (SSSR count). The van der Waals surface area contributed by atoms with Gasteiger partial charge < -0.3 is 18.9 Å². The molecular formula is C34H46O6. The maximum absolute atomic E-state index is 12.0. The predicted octanol–water partition coefficient (Wildman–Crippen LogP) is 7.08. The third kappa shape index (κ3) is 10.4. The quantitative estimate of drug-likeness (QED) is 0.196. The molecule has 0 N–H and O–H groups in total. The molecule has 0 aromatic heterocycles. The Balaban J connectivity index is 1.89. The minimum atomic E-state index is -0.943. The fourth-order valence-electron chi connectivity index (χ4n) is 3.84. The normalized spacial score (nSPS) is 12.5. The van der Waals surface area contributed by atoms with Gasteiger partial charge in [-0.15, -0.1) is 0 Å². The van der Waals surface area contributed by atoms with Crippen LogP contribution >= 0.6 is 0 Å². The van der Waals surface area contributed by atoms with E-state index in [-0.39, 0.29) is 18.2 Å². The molecule has 2 aromatic carbocycles. The molecule has 0 heterocycles. The number of benzene rings is 2. The molecule has 2 aromatic rings. The van der Waals surface area contributed by atoms with Crippen molar-refractivity contribution in [3.8, 4) is 11.5 Å². The lowest BCUT2D eigenvalue weighted by Crippen LogP contribution is -2.42. The number of rotatable bonds is 17. The first-order chi connectivity index (χ1) is 18.5. The van der Waals surface area contributed by atoms with Gasteiger partial charge in [-0.2, -0.15) is 0 Å². The van der Waals surface area contributed by atoms with Gasteiger partial charge in [0.25, 0.3) is 0 Å². The molecular weight excluding hydrogens is 504 g/mol. The van der Waals surface area contributed by atoms with Crippen molar-refractivity contribution >= 4 is 11.6 Å². The molecule has 0 aliphatic carbocycles. The molecule has 0 amide bonds. The van der Waals surface area contributed by atoms with E-state index in [4.69, 9.17) is 18.9 Å². The highest BCUT2D eigenvalue weighted by molar-refractivity contribution is 5.96. The Kier molecular flexibility index (Phi) is 11.1. The van der Waals surface area contributed by atoms with E-state index in [0.29, 0.717) is 13.0 Å². The van der Waals surface area contributed by atoms with E-state index in [0.717, 1.165) is 29.0 Å². The van der Waals surface area contributed by atoms with Crippen molar-refractivity contribution in [3.05, 3.63) is 85.0 Å². The first kappa shape index (κ1) is 33.0. The summed E-state index contributed by atoms with van der Waals surface area (Å²) in [6.07, 6.45) is 3.98. The number of hydrogen-bond acceptors (Lipinski definition) is 6. The summed E-state index contributed by atoms with van der Waals surface area (Å²) in [6, 6.07) is 16.1. The van der Waals surface area contributed by atoms with E-state index in [1.165, 1.54) is 12.2 Å². The zero-order valence-electron chi connectivity index (χ0n) is 25.5. The van der Waals surface area contributed by atoms with Gasteiger partial charge in [0.05, 0.1) is 13.2 Å². The van der Waals surface area contributed by atoms with Crippen LogP contribution in [0, 0.1) is 0 Å². The van der Waals surface area contributed by atoms with Crippen molar-refractivity contribution in [1.29, 1.82) is 0 Å². The van der Waals surface area contributed by atoms with Gasteiger partial charge in [-0.1, -0.05) is 37.4 Å².